The minimum Gasteiger partial charge on any atom is -0.480 e. The van der Waals surface area contributed by atoms with E-state index in [1.807, 2.05) is 0 Å². The molecule has 0 unspecified atom stereocenters. The summed E-state index contributed by atoms with van der Waals surface area (Å²) in [6.07, 6.45) is 1.94. The number of hydrogen-bond acceptors (Lipinski definition) is 4. The van der Waals surface area contributed by atoms with Gasteiger partial charge in [-0.15, -0.1) is 0 Å². The van der Waals surface area contributed by atoms with Gasteiger partial charge in [0.25, 0.3) is 11.5 Å². The Balaban J connectivity index is 2.04. The lowest BCUT2D eigenvalue weighted by Crippen LogP contribution is -2.48. The molecule has 0 bridgehead atoms. The van der Waals surface area contributed by atoms with E-state index in [1.165, 1.54) is 23.1 Å². The van der Waals surface area contributed by atoms with Crippen LogP contribution >= 0.6 is 0 Å². The summed E-state index contributed by atoms with van der Waals surface area (Å²) < 4.78 is 1.08. The zero-order valence-corrected chi connectivity index (χ0v) is 13.8. The fourth-order valence-corrected chi connectivity index (χ4v) is 3.27. The van der Waals surface area contributed by atoms with E-state index in [9.17, 15) is 24.3 Å². The van der Waals surface area contributed by atoms with Crippen LogP contribution in [0.2, 0.25) is 0 Å². The maximum absolute atomic E-state index is 12.7. The number of aliphatic carboxylic acids is 1. The van der Waals surface area contributed by atoms with Crippen LogP contribution in [0.15, 0.2) is 27.8 Å². The molecular weight excluding hydrogens is 326 g/mol. The lowest BCUT2D eigenvalue weighted by atomic mass is 10.0. The number of H-pyrrole nitrogens is 1. The summed E-state index contributed by atoms with van der Waals surface area (Å²) >= 11 is 0. The molecule has 1 aliphatic heterocycles. The second-order valence-corrected chi connectivity index (χ2v) is 6.09. The number of benzene rings is 1. The van der Waals surface area contributed by atoms with Crippen LogP contribution in [0.4, 0.5) is 0 Å². The van der Waals surface area contributed by atoms with E-state index in [-0.39, 0.29) is 17.6 Å². The van der Waals surface area contributed by atoms with Gasteiger partial charge in [0.2, 0.25) is 0 Å². The SMILES string of the molecule is CCn1c(=O)[nH]c2cc(C(=O)N3CCCC[C@H]3C(=O)O)ccc2c1=O. The third-order valence-electron chi connectivity index (χ3n) is 4.59. The molecule has 1 aliphatic rings. The minimum absolute atomic E-state index is 0.249. The number of likely N-dealkylation sites (tertiary alicyclic amines) is 1. The second kappa shape index (κ2) is 6.54. The Labute approximate surface area is 142 Å². The molecule has 0 aliphatic carbocycles. The molecule has 1 saturated heterocycles. The number of carboxylic acids is 1. The summed E-state index contributed by atoms with van der Waals surface area (Å²) in [7, 11) is 0. The number of rotatable bonds is 3. The van der Waals surface area contributed by atoms with Gasteiger partial charge in [0.15, 0.2) is 0 Å². The van der Waals surface area contributed by atoms with Gasteiger partial charge >= 0.3 is 11.7 Å². The first-order valence-corrected chi connectivity index (χ1v) is 8.24. The van der Waals surface area contributed by atoms with Gasteiger partial charge in [-0.05, 0) is 44.4 Å². The van der Waals surface area contributed by atoms with E-state index < -0.39 is 29.2 Å². The number of amides is 1. The van der Waals surface area contributed by atoms with Crippen molar-refractivity contribution >= 4 is 22.8 Å². The average Bonchev–Trinajstić information content (AvgIpc) is 2.61. The first-order chi connectivity index (χ1) is 11.9. The first-order valence-electron chi connectivity index (χ1n) is 8.24. The zero-order chi connectivity index (χ0) is 18.1. The second-order valence-electron chi connectivity index (χ2n) is 6.09. The molecule has 3 rings (SSSR count). The van der Waals surface area contributed by atoms with Crippen LogP contribution in [-0.4, -0.2) is 44.0 Å². The quantitative estimate of drug-likeness (QED) is 0.854. The summed E-state index contributed by atoms with van der Waals surface area (Å²) in [5.41, 5.74) is -0.424. The van der Waals surface area contributed by atoms with Crippen LogP contribution in [0.5, 0.6) is 0 Å². The van der Waals surface area contributed by atoms with Crippen molar-refractivity contribution in [2.45, 2.75) is 38.8 Å². The number of piperidine rings is 1. The molecule has 2 aromatic rings. The molecule has 8 heteroatoms. The molecule has 8 nitrogen and oxygen atoms in total. The van der Waals surface area contributed by atoms with Crippen molar-refractivity contribution in [3.63, 3.8) is 0 Å². The first kappa shape index (κ1) is 16.9. The Morgan fingerprint density at radius 3 is 2.72 bits per heavy atom. The number of fused-ring (bicyclic) bond motifs is 1. The Morgan fingerprint density at radius 2 is 2.04 bits per heavy atom. The largest absolute Gasteiger partial charge is 0.480 e. The molecule has 1 aromatic heterocycles. The summed E-state index contributed by atoms with van der Waals surface area (Å²) in [6, 6.07) is 3.59. The van der Waals surface area contributed by atoms with Crippen LogP contribution < -0.4 is 11.2 Å². The van der Waals surface area contributed by atoms with E-state index >= 15 is 0 Å². The molecule has 1 atom stereocenters. The highest BCUT2D eigenvalue weighted by atomic mass is 16.4. The van der Waals surface area contributed by atoms with Crippen molar-refractivity contribution in [2.24, 2.45) is 0 Å². The van der Waals surface area contributed by atoms with Crippen molar-refractivity contribution in [2.75, 3.05) is 6.54 Å². The van der Waals surface area contributed by atoms with E-state index in [0.717, 1.165) is 17.4 Å². The van der Waals surface area contributed by atoms with Gasteiger partial charge in [0.05, 0.1) is 10.9 Å². The van der Waals surface area contributed by atoms with Crippen LogP contribution in [0.1, 0.15) is 36.5 Å². The topological polar surface area (TPSA) is 112 Å². The van der Waals surface area contributed by atoms with Gasteiger partial charge in [-0.3, -0.25) is 14.2 Å². The molecule has 0 saturated carbocycles. The zero-order valence-electron chi connectivity index (χ0n) is 13.8. The normalized spacial score (nSPS) is 17.6. The maximum Gasteiger partial charge on any atom is 0.328 e. The predicted octanol–water partition coefficient (Wildman–Crippen LogP) is 0.789. The lowest BCUT2D eigenvalue weighted by Gasteiger charge is -2.33. The minimum atomic E-state index is -1.02. The standard InChI is InChI=1S/C17H19N3O5/c1-2-19-15(22)11-7-6-10(9-12(11)18-17(19)25)14(21)20-8-4-3-5-13(20)16(23)24/h6-7,9,13H,2-5,8H2,1H3,(H,18,25)(H,23,24)/t13-/m0/s1. The predicted molar refractivity (Wildman–Crippen MR) is 90.8 cm³/mol. The molecule has 2 heterocycles. The number of hydrogen-bond donors (Lipinski definition) is 2. The molecule has 0 radical (unpaired) electrons. The number of carbonyl (C=O) groups excluding carboxylic acids is 1. The molecule has 132 valence electrons. The fourth-order valence-electron chi connectivity index (χ4n) is 3.27. The van der Waals surface area contributed by atoms with E-state index in [4.69, 9.17) is 0 Å². The van der Waals surface area contributed by atoms with Gasteiger partial charge in [-0.1, -0.05) is 0 Å². The molecule has 1 fully saturated rings. The van der Waals surface area contributed by atoms with Crippen LogP contribution in [0.3, 0.4) is 0 Å². The summed E-state index contributed by atoms with van der Waals surface area (Å²) in [6.45, 7) is 2.32. The van der Waals surface area contributed by atoms with Crippen molar-refractivity contribution in [1.82, 2.24) is 14.5 Å². The summed E-state index contributed by atoms with van der Waals surface area (Å²) in [5.74, 6) is -1.43. The van der Waals surface area contributed by atoms with Gasteiger partial charge < -0.3 is 15.0 Å². The summed E-state index contributed by atoms with van der Waals surface area (Å²) in [4.78, 5) is 52.3. The third-order valence-corrected chi connectivity index (χ3v) is 4.59. The third kappa shape index (κ3) is 2.95. The highest BCUT2D eigenvalue weighted by Gasteiger charge is 2.32. The number of carbonyl (C=O) groups is 2. The van der Waals surface area contributed by atoms with E-state index in [0.29, 0.717) is 18.4 Å². The maximum atomic E-state index is 12.7. The van der Waals surface area contributed by atoms with Crippen molar-refractivity contribution < 1.29 is 14.7 Å². The highest BCUT2D eigenvalue weighted by Crippen LogP contribution is 2.21. The Morgan fingerprint density at radius 1 is 1.28 bits per heavy atom. The fraction of sp³-hybridized carbons (Fsp3) is 0.412. The highest BCUT2D eigenvalue weighted by molar-refractivity contribution is 5.99. The summed E-state index contributed by atoms with van der Waals surface area (Å²) in [5, 5.41) is 9.63. The Bertz CT molecular complexity index is 959. The van der Waals surface area contributed by atoms with Gasteiger partial charge in [-0.2, -0.15) is 0 Å². The van der Waals surface area contributed by atoms with Crippen molar-refractivity contribution in [3.05, 3.63) is 44.6 Å². The van der Waals surface area contributed by atoms with Crippen molar-refractivity contribution in [1.29, 1.82) is 0 Å². The van der Waals surface area contributed by atoms with E-state index in [1.54, 1.807) is 6.92 Å². The Kier molecular flexibility index (Phi) is 4.43. The van der Waals surface area contributed by atoms with Gasteiger partial charge in [-0.25, -0.2) is 9.59 Å². The number of aromatic amines is 1. The van der Waals surface area contributed by atoms with Gasteiger partial charge in [0.1, 0.15) is 6.04 Å². The number of nitrogens with zero attached hydrogens (tertiary/aromatic N) is 2. The van der Waals surface area contributed by atoms with E-state index in [2.05, 4.69) is 4.98 Å². The molecule has 25 heavy (non-hydrogen) atoms. The molecule has 1 aromatic carbocycles. The molecule has 2 N–H and O–H groups in total. The van der Waals surface area contributed by atoms with Crippen LogP contribution in [0, 0.1) is 0 Å². The number of nitrogens with one attached hydrogen (secondary N) is 1. The average molecular weight is 345 g/mol. The van der Waals surface area contributed by atoms with Crippen LogP contribution in [-0.2, 0) is 11.3 Å². The molecule has 0 spiro atoms. The van der Waals surface area contributed by atoms with Gasteiger partial charge in [0, 0.05) is 18.7 Å². The van der Waals surface area contributed by atoms with Crippen LogP contribution in [0.25, 0.3) is 10.9 Å². The van der Waals surface area contributed by atoms with Crippen molar-refractivity contribution in [3.8, 4) is 0 Å². The number of carboxylic acid groups (broad SMARTS) is 1. The smallest absolute Gasteiger partial charge is 0.328 e. The Hall–Kier alpha value is -2.90. The lowest BCUT2D eigenvalue weighted by molar-refractivity contribution is -0.143. The number of aromatic nitrogens is 2. The molecular formula is C17H19N3O5. The molecule has 1 amide bonds. The monoisotopic (exact) mass is 345 g/mol.